The van der Waals surface area contributed by atoms with Gasteiger partial charge in [-0.05, 0) is 54.9 Å². The van der Waals surface area contributed by atoms with Crippen LogP contribution in [0.1, 0.15) is 49.3 Å². The highest BCUT2D eigenvalue weighted by Gasteiger charge is 2.22. The Morgan fingerprint density at radius 3 is 2.33 bits per heavy atom. The van der Waals surface area contributed by atoms with E-state index in [0.717, 1.165) is 53.8 Å². The first kappa shape index (κ1) is 20.1. The maximum Gasteiger partial charge on any atom is 0.270 e. The van der Waals surface area contributed by atoms with Gasteiger partial charge in [-0.15, -0.1) is 0 Å². The van der Waals surface area contributed by atoms with E-state index >= 15 is 0 Å². The SMILES string of the molecule is CC(C)c1ccc(NC(=O)Cn2nc(-c3ccccc3)c3c(c2=O)CCCC3)cc1. The number of rotatable bonds is 5. The molecule has 0 radical (unpaired) electrons. The Bertz CT molecular complexity index is 1100. The summed E-state index contributed by atoms with van der Waals surface area (Å²) in [4.78, 5) is 25.7. The number of carbonyl (C=O) groups excluding carboxylic acids is 1. The first-order chi connectivity index (χ1) is 14.5. The molecule has 4 rings (SSSR count). The van der Waals surface area contributed by atoms with Gasteiger partial charge in [0.25, 0.3) is 5.56 Å². The molecule has 154 valence electrons. The monoisotopic (exact) mass is 401 g/mol. The molecule has 0 saturated carbocycles. The van der Waals surface area contributed by atoms with Crippen LogP contribution in [0.3, 0.4) is 0 Å². The van der Waals surface area contributed by atoms with Crippen molar-refractivity contribution in [3.63, 3.8) is 0 Å². The second kappa shape index (κ2) is 8.66. The van der Waals surface area contributed by atoms with Gasteiger partial charge in [-0.2, -0.15) is 5.10 Å². The molecule has 1 heterocycles. The van der Waals surface area contributed by atoms with Crippen molar-refractivity contribution in [2.75, 3.05) is 5.32 Å². The molecule has 1 aliphatic carbocycles. The van der Waals surface area contributed by atoms with Crippen LogP contribution in [0.15, 0.2) is 59.4 Å². The van der Waals surface area contributed by atoms with E-state index in [1.807, 2.05) is 54.6 Å². The van der Waals surface area contributed by atoms with Crippen LogP contribution in [-0.4, -0.2) is 15.7 Å². The van der Waals surface area contributed by atoms with Gasteiger partial charge in [-0.25, -0.2) is 4.68 Å². The molecule has 1 aromatic heterocycles. The minimum Gasteiger partial charge on any atom is -0.324 e. The number of fused-ring (bicyclic) bond motifs is 1. The standard InChI is InChI=1S/C25H27N3O2/c1-17(2)18-12-14-20(15-13-18)26-23(29)16-28-25(30)22-11-7-6-10-21(22)24(27-28)19-8-4-3-5-9-19/h3-5,8-9,12-15,17H,6-7,10-11,16H2,1-2H3,(H,26,29). The van der Waals surface area contributed by atoms with E-state index in [1.54, 1.807) is 0 Å². The molecular formula is C25H27N3O2. The van der Waals surface area contributed by atoms with Gasteiger partial charge in [0.15, 0.2) is 0 Å². The predicted octanol–water partition coefficient (Wildman–Crippen LogP) is 4.55. The molecule has 1 amide bonds. The number of carbonyl (C=O) groups is 1. The van der Waals surface area contributed by atoms with Crippen LogP contribution >= 0.6 is 0 Å². The first-order valence-electron chi connectivity index (χ1n) is 10.6. The van der Waals surface area contributed by atoms with E-state index in [0.29, 0.717) is 5.92 Å². The number of aromatic nitrogens is 2. The van der Waals surface area contributed by atoms with E-state index < -0.39 is 0 Å². The lowest BCUT2D eigenvalue weighted by atomic mass is 9.90. The second-order valence-corrected chi connectivity index (χ2v) is 8.17. The van der Waals surface area contributed by atoms with Crippen molar-refractivity contribution in [2.24, 2.45) is 0 Å². The summed E-state index contributed by atoms with van der Waals surface area (Å²) in [6.45, 7) is 4.16. The third kappa shape index (κ3) is 4.20. The third-order valence-corrected chi connectivity index (χ3v) is 5.67. The van der Waals surface area contributed by atoms with Crippen LogP contribution < -0.4 is 10.9 Å². The lowest BCUT2D eigenvalue weighted by Crippen LogP contribution is -2.34. The van der Waals surface area contributed by atoms with Crippen LogP contribution in [0.4, 0.5) is 5.69 Å². The van der Waals surface area contributed by atoms with Crippen LogP contribution in [0.5, 0.6) is 0 Å². The molecular weight excluding hydrogens is 374 g/mol. The topological polar surface area (TPSA) is 64.0 Å². The average molecular weight is 402 g/mol. The quantitative estimate of drug-likeness (QED) is 0.682. The Morgan fingerprint density at radius 2 is 1.67 bits per heavy atom. The van der Waals surface area contributed by atoms with Gasteiger partial charge < -0.3 is 5.32 Å². The van der Waals surface area contributed by atoms with E-state index in [1.165, 1.54) is 10.2 Å². The normalized spacial score (nSPS) is 13.2. The Balaban J connectivity index is 1.62. The fourth-order valence-electron chi connectivity index (χ4n) is 4.01. The van der Waals surface area contributed by atoms with Gasteiger partial charge in [0.1, 0.15) is 6.54 Å². The Morgan fingerprint density at radius 1 is 1.00 bits per heavy atom. The molecule has 0 spiro atoms. The van der Waals surface area contributed by atoms with Crippen molar-refractivity contribution >= 4 is 11.6 Å². The Kier molecular flexibility index (Phi) is 5.79. The number of amides is 1. The van der Waals surface area contributed by atoms with E-state index in [4.69, 9.17) is 0 Å². The molecule has 0 saturated heterocycles. The summed E-state index contributed by atoms with van der Waals surface area (Å²) in [5, 5.41) is 7.50. The zero-order chi connectivity index (χ0) is 21.1. The van der Waals surface area contributed by atoms with Gasteiger partial charge in [-0.1, -0.05) is 56.3 Å². The van der Waals surface area contributed by atoms with Crippen molar-refractivity contribution < 1.29 is 4.79 Å². The van der Waals surface area contributed by atoms with Crippen LogP contribution in [0, 0.1) is 0 Å². The Labute approximate surface area is 176 Å². The number of nitrogens with one attached hydrogen (secondary N) is 1. The lowest BCUT2D eigenvalue weighted by Gasteiger charge is -2.20. The largest absolute Gasteiger partial charge is 0.324 e. The fraction of sp³-hybridized carbons (Fsp3) is 0.320. The van der Waals surface area contributed by atoms with Crippen molar-refractivity contribution in [3.8, 4) is 11.3 Å². The molecule has 3 aromatic rings. The van der Waals surface area contributed by atoms with Crippen LogP contribution in [0.25, 0.3) is 11.3 Å². The molecule has 0 aliphatic heterocycles. The van der Waals surface area contributed by atoms with E-state index in [-0.39, 0.29) is 18.0 Å². The van der Waals surface area contributed by atoms with E-state index in [2.05, 4.69) is 24.3 Å². The van der Waals surface area contributed by atoms with Crippen molar-refractivity contribution in [1.29, 1.82) is 0 Å². The summed E-state index contributed by atoms with van der Waals surface area (Å²) in [6, 6.07) is 17.7. The molecule has 30 heavy (non-hydrogen) atoms. The highest BCUT2D eigenvalue weighted by molar-refractivity contribution is 5.90. The third-order valence-electron chi connectivity index (χ3n) is 5.67. The fourth-order valence-corrected chi connectivity index (χ4v) is 4.01. The number of anilines is 1. The van der Waals surface area contributed by atoms with Gasteiger partial charge >= 0.3 is 0 Å². The summed E-state index contributed by atoms with van der Waals surface area (Å²) in [6.07, 6.45) is 3.66. The Hall–Kier alpha value is -3.21. The van der Waals surface area contributed by atoms with Crippen molar-refractivity contribution in [1.82, 2.24) is 9.78 Å². The van der Waals surface area contributed by atoms with Gasteiger partial charge in [0, 0.05) is 16.8 Å². The highest BCUT2D eigenvalue weighted by atomic mass is 16.2. The van der Waals surface area contributed by atoms with Crippen molar-refractivity contribution in [2.45, 2.75) is 52.0 Å². The zero-order valence-corrected chi connectivity index (χ0v) is 17.5. The van der Waals surface area contributed by atoms with Gasteiger partial charge in [-0.3, -0.25) is 9.59 Å². The number of hydrogen-bond donors (Lipinski definition) is 1. The molecule has 5 nitrogen and oxygen atoms in total. The molecule has 0 fully saturated rings. The summed E-state index contributed by atoms with van der Waals surface area (Å²) in [7, 11) is 0. The van der Waals surface area contributed by atoms with E-state index in [9.17, 15) is 9.59 Å². The first-order valence-corrected chi connectivity index (χ1v) is 10.6. The average Bonchev–Trinajstić information content (AvgIpc) is 2.76. The molecule has 1 N–H and O–H groups in total. The van der Waals surface area contributed by atoms with Crippen LogP contribution in [-0.2, 0) is 24.2 Å². The number of benzene rings is 2. The minimum atomic E-state index is -0.253. The summed E-state index contributed by atoms with van der Waals surface area (Å²) in [5.41, 5.74) is 5.44. The maximum atomic E-state index is 13.0. The second-order valence-electron chi connectivity index (χ2n) is 8.17. The molecule has 2 aromatic carbocycles. The van der Waals surface area contributed by atoms with Gasteiger partial charge in [0.2, 0.25) is 5.91 Å². The molecule has 0 bridgehead atoms. The minimum absolute atomic E-state index is 0.0993. The molecule has 1 aliphatic rings. The molecule has 5 heteroatoms. The molecule has 0 atom stereocenters. The van der Waals surface area contributed by atoms with Crippen LogP contribution in [0.2, 0.25) is 0 Å². The molecule has 0 unspecified atom stereocenters. The predicted molar refractivity (Wildman–Crippen MR) is 120 cm³/mol. The zero-order valence-electron chi connectivity index (χ0n) is 17.5. The summed E-state index contributed by atoms with van der Waals surface area (Å²) < 4.78 is 1.32. The van der Waals surface area contributed by atoms with Gasteiger partial charge in [0.05, 0.1) is 5.69 Å². The number of hydrogen-bond acceptors (Lipinski definition) is 3. The summed E-state index contributed by atoms with van der Waals surface area (Å²) in [5.74, 6) is 0.182. The smallest absolute Gasteiger partial charge is 0.270 e. The van der Waals surface area contributed by atoms with Crippen molar-refractivity contribution in [3.05, 3.63) is 81.6 Å². The lowest BCUT2D eigenvalue weighted by molar-refractivity contribution is -0.117. The maximum absolute atomic E-state index is 13.0. The summed E-state index contributed by atoms with van der Waals surface area (Å²) >= 11 is 0. The highest BCUT2D eigenvalue weighted by Crippen LogP contribution is 2.27. The number of nitrogens with zero attached hydrogens (tertiary/aromatic N) is 2.